The number of hydrogen-bond donors (Lipinski definition) is 2. The van der Waals surface area contributed by atoms with Crippen molar-refractivity contribution >= 4 is 29.1 Å². The van der Waals surface area contributed by atoms with Crippen molar-refractivity contribution in [2.24, 2.45) is 10.2 Å². The van der Waals surface area contributed by atoms with Crippen LogP contribution in [-0.2, 0) is 0 Å². The number of piperidine rings is 1. The highest BCUT2D eigenvalue weighted by atomic mass is 16.6. The zero-order valence-corrected chi connectivity index (χ0v) is 16.9. The molecule has 0 spiro atoms. The third-order valence-corrected chi connectivity index (χ3v) is 5.18. The Kier molecular flexibility index (Phi) is 6.02. The fourth-order valence-corrected chi connectivity index (χ4v) is 3.49. The summed E-state index contributed by atoms with van der Waals surface area (Å²) in [4.78, 5) is 22.4. The molecule has 1 saturated heterocycles. The molecule has 0 atom stereocenters. The molecule has 1 aromatic carbocycles. The number of ether oxygens (including phenoxy) is 1. The lowest BCUT2D eigenvalue weighted by atomic mass is 9.90. The normalized spacial score (nSPS) is 14.6. The highest BCUT2D eigenvalue weighted by molar-refractivity contribution is 5.73. The van der Waals surface area contributed by atoms with Crippen LogP contribution in [0.2, 0.25) is 0 Å². The van der Waals surface area contributed by atoms with Gasteiger partial charge < -0.3 is 21.1 Å². The summed E-state index contributed by atoms with van der Waals surface area (Å²) in [6.45, 7) is 1.26. The predicted octanol–water partition coefficient (Wildman–Crippen LogP) is 4.43. The zero-order chi connectivity index (χ0) is 21.6. The Morgan fingerprint density at radius 2 is 1.68 bits per heavy atom. The van der Waals surface area contributed by atoms with Crippen molar-refractivity contribution in [3.8, 4) is 5.75 Å². The Labute approximate surface area is 179 Å². The van der Waals surface area contributed by atoms with Crippen LogP contribution in [0.4, 0.5) is 27.8 Å². The van der Waals surface area contributed by atoms with Gasteiger partial charge in [0.25, 0.3) is 0 Å². The highest BCUT2D eigenvalue weighted by Crippen LogP contribution is 2.32. The number of nitrogen functional groups attached to an aromatic ring is 2. The first-order valence-electron chi connectivity index (χ1n) is 9.99. The molecule has 1 amide bonds. The van der Waals surface area contributed by atoms with Gasteiger partial charge in [0.15, 0.2) is 11.6 Å². The molecule has 9 heteroatoms. The molecule has 0 radical (unpaired) electrons. The number of likely N-dealkylation sites (tertiary alicyclic amines) is 1. The quantitative estimate of drug-likeness (QED) is 0.603. The molecule has 9 nitrogen and oxygen atoms in total. The molecule has 1 aliphatic heterocycles. The smallest absolute Gasteiger partial charge is 0.408 e. The van der Waals surface area contributed by atoms with E-state index in [0.717, 1.165) is 12.8 Å². The van der Waals surface area contributed by atoms with Crippen molar-refractivity contribution in [1.29, 1.82) is 0 Å². The Bertz CT molecular complexity index is 1080. The number of hydrogen-bond acceptors (Lipinski definition) is 8. The topological polar surface area (TPSA) is 132 Å². The molecule has 0 saturated carbocycles. The Balaban J connectivity index is 1.41. The van der Waals surface area contributed by atoms with Crippen molar-refractivity contribution < 1.29 is 9.53 Å². The van der Waals surface area contributed by atoms with E-state index < -0.39 is 6.09 Å². The van der Waals surface area contributed by atoms with Crippen molar-refractivity contribution in [2.75, 3.05) is 24.6 Å². The first-order valence-corrected chi connectivity index (χ1v) is 9.99. The summed E-state index contributed by atoms with van der Waals surface area (Å²) in [5.41, 5.74) is 13.5. The zero-order valence-electron chi connectivity index (χ0n) is 16.9. The summed E-state index contributed by atoms with van der Waals surface area (Å²) < 4.78 is 5.62. The lowest BCUT2D eigenvalue weighted by Crippen LogP contribution is -2.39. The molecule has 1 fully saturated rings. The number of carbonyl (C=O) groups excluding carboxylic acids is 1. The fraction of sp³-hybridized carbons (Fsp3) is 0.227. The first-order chi connectivity index (χ1) is 15.1. The Morgan fingerprint density at radius 3 is 2.42 bits per heavy atom. The van der Waals surface area contributed by atoms with Crippen LogP contribution < -0.4 is 16.2 Å². The Morgan fingerprint density at radius 1 is 0.968 bits per heavy atom. The van der Waals surface area contributed by atoms with Gasteiger partial charge in [0.05, 0.1) is 0 Å². The first kappa shape index (κ1) is 20.3. The monoisotopic (exact) mass is 417 g/mol. The molecule has 3 heterocycles. The fourth-order valence-electron chi connectivity index (χ4n) is 3.49. The minimum Gasteiger partial charge on any atom is -0.408 e. The van der Waals surface area contributed by atoms with Crippen LogP contribution >= 0.6 is 0 Å². The van der Waals surface area contributed by atoms with Crippen molar-refractivity contribution in [2.45, 2.75) is 18.8 Å². The maximum absolute atomic E-state index is 12.7. The number of aromatic nitrogens is 2. The number of carbonyl (C=O) groups is 1. The number of rotatable bonds is 4. The molecule has 31 heavy (non-hydrogen) atoms. The van der Waals surface area contributed by atoms with E-state index in [9.17, 15) is 4.79 Å². The number of benzene rings is 1. The largest absolute Gasteiger partial charge is 0.415 e. The lowest BCUT2D eigenvalue weighted by Gasteiger charge is -2.31. The molecule has 4 rings (SSSR count). The second-order valence-electron chi connectivity index (χ2n) is 7.22. The van der Waals surface area contributed by atoms with Crippen LogP contribution in [-0.4, -0.2) is 34.1 Å². The lowest BCUT2D eigenvalue weighted by molar-refractivity contribution is 0.139. The molecule has 0 aliphatic carbocycles. The van der Waals surface area contributed by atoms with Gasteiger partial charge in [-0.05, 0) is 60.7 Å². The van der Waals surface area contributed by atoms with Gasteiger partial charge in [-0.3, -0.25) is 4.98 Å². The van der Waals surface area contributed by atoms with E-state index in [1.54, 1.807) is 53.7 Å². The van der Waals surface area contributed by atoms with Crippen LogP contribution in [0.3, 0.4) is 0 Å². The number of azo groups is 1. The number of nitrogens with zero attached hydrogens (tertiary/aromatic N) is 5. The average Bonchev–Trinajstić information content (AvgIpc) is 2.80. The van der Waals surface area contributed by atoms with E-state index in [4.69, 9.17) is 16.2 Å². The molecule has 2 aromatic heterocycles. The summed E-state index contributed by atoms with van der Waals surface area (Å²) in [7, 11) is 0. The summed E-state index contributed by atoms with van der Waals surface area (Å²) in [5.74, 6) is 1.23. The SMILES string of the molecule is Nc1ccc(/N=N/c2ccccc2OC(=O)N2CCC(c3ccncc3)CC2)c(N)n1. The summed E-state index contributed by atoms with van der Waals surface area (Å²) >= 11 is 0. The number of amides is 1. The van der Waals surface area contributed by atoms with Crippen LogP contribution in [0.15, 0.2) is 71.2 Å². The second kappa shape index (κ2) is 9.21. The van der Waals surface area contributed by atoms with Crippen LogP contribution in [0, 0.1) is 0 Å². The van der Waals surface area contributed by atoms with E-state index in [2.05, 4.69) is 20.2 Å². The van der Waals surface area contributed by atoms with Crippen LogP contribution in [0.25, 0.3) is 0 Å². The number of para-hydroxylation sites is 1. The van der Waals surface area contributed by atoms with Gasteiger partial charge in [0, 0.05) is 25.5 Å². The number of anilines is 2. The van der Waals surface area contributed by atoms with Gasteiger partial charge in [-0.15, -0.1) is 10.2 Å². The summed E-state index contributed by atoms with van der Waals surface area (Å²) in [6, 6.07) is 14.2. The van der Waals surface area contributed by atoms with Gasteiger partial charge in [0.1, 0.15) is 17.2 Å². The van der Waals surface area contributed by atoms with Crippen molar-refractivity contribution in [3.05, 3.63) is 66.5 Å². The van der Waals surface area contributed by atoms with Gasteiger partial charge in [-0.25, -0.2) is 9.78 Å². The molecular formula is C22H23N7O2. The van der Waals surface area contributed by atoms with Crippen molar-refractivity contribution in [1.82, 2.24) is 14.9 Å². The average molecular weight is 417 g/mol. The van der Waals surface area contributed by atoms with Gasteiger partial charge in [-0.2, -0.15) is 0 Å². The van der Waals surface area contributed by atoms with Crippen LogP contribution in [0.1, 0.15) is 24.3 Å². The van der Waals surface area contributed by atoms with Gasteiger partial charge in [0.2, 0.25) is 0 Å². The van der Waals surface area contributed by atoms with E-state index in [1.165, 1.54) is 5.56 Å². The van der Waals surface area contributed by atoms with Crippen molar-refractivity contribution in [3.63, 3.8) is 0 Å². The molecule has 1 aliphatic rings. The van der Waals surface area contributed by atoms with E-state index in [0.29, 0.717) is 41.9 Å². The highest BCUT2D eigenvalue weighted by Gasteiger charge is 2.25. The van der Waals surface area contributed by atoms with Gasteiger partial charge in [-0.1, -0.05) is 12.1 Å². The molecule has 3 aromatic rings. The summed E-state index contributed by atoms with van der Waals surface area (Å²) in [6.07, 6.45) is 4.96. The Hall–Kier alpha value is -4.01. The second-order valence-corrected chi connectivity index (χ2v) is 7.22. The number of pyridine rings is 2. The standard InChI is InChI=1S/C22H23N7O2/c23-20-6-5-18(21(24)26-20)28-27-17-3-1-2-4-19(17)31-22(30)29-13-9-16(10-14-29)15-7-11-25-12-8-15/h1-8,11-12,16H,9-10,13-14H2,(H4,23,24,26)/b28-27+. The molecular weight excluding hydrogens is 394 g/mol. The maximum Gasteiger partial charge on any atom is 0.415 e. The molecule has 158 valence electrons. The van der Waals surface area contributed by atoms with Gasteiger partial charge >= 0.3 is 6.09 Å². The minimum absolute atomic E-state index is 0.176. The third kappa shape index (κ3) is 4.95. The summed E-state index contributed by atoms with van der Waals surface area (Å²) in [5, 5.41) is 8.29. The molecule has 0 bridgehead atoms. The van der Waals surface area contributed by atoms with Crippen LogP contribution in [0.5, 0.6) is 5.75 Å². The van der Waals surface area contributed by atoms with E-state index in [-0.39, 0.29) is 5.82 Å². The van der Waals surface area contributed by atoms with E-state index in [1.807, 2.05) is 12.1 Å². The minimum atomic E-state index is -0.399. The van der Waals surface area contributed by atoms with E-state index >= 15 is 0 Å². The maximum atomic E-state index is 12.7. The predicted molar refractivity (Wildman–Crippen MR) is 117 cm³/mol. The third-order valence-electron chi connectivity index (χ3n) is 5.18. The molecule has 0 unspecified atom stereocenters. The molecule has 4 N–H and O–H groups in total. The number of nitrogens with two attached hydrogens (primary N) is 2.